The van der Waals surface area contributed by atoms with Gasteiger partial charge in [0.1, 0.15) is 0 Å². The van der Waals surface area contributed by atoms with E-state index in [0.717, 1.165) is 38.4 Å². The Morgan fingerprint density at radius 3 is 2.59 bits per heavy atom. The van der Waals surface area contributed by atoms with Crippen LogP contribution >= 0.6 is 0 Å². The minimum atomic E-state index is -0.472. The Balaban J connectivity index is 1.55. The van der Waals surface area contributed by atoms with Crippen molar-refractivity contribution in [3.63, 3.8) is 0 Å². The van der Waals surface area contributed by atoms with E-state index in [9.17, 15) is 14.9 Å². The van der Waals surface area contributed by atoms with Crippen LogP contribution in [0.1, 0.15) is 23.1 Å². The summed E-state index contributed by atoms with van der Waals surface area (Å²) in [7, 11) is 0. The molecule has 3 aromatic rings. The number of amides is 1. The first-order valence-electron chi connectivity index (χ1n) is 10.5. The second-order valence-corrected chi connectivity index (χ2v) is 7.60. The molecule has 1 N–H and O–H groups in total. The van der Waals surface area contributed by atoms with Gasteiger partial charge in [-0.1, -0.05) is 30.3 Å². The lowest BCUT2D eigenvalue weighted by Gasteiger charge is -2.36. The number of carbonyl (C=O) groups is 1. The number of non-ortho nitro benzene ring substituents is 1. The highest BCUT2D eigenvalue weighted by atomic mass is 16.6. The summed E-state index contributed by atoms with van der Waals surface area (Å²) in [5, 5.41) is 22.1. The summed E-state index contributed by atoms with van der Waals surface area (Å²) in [5.74, 6) is -0.376. The predicted molar refractivity (Wildman–Crippen MR) is 121 cm³/mol. The lowest BCUT2D eigenvalue weighted by molar-refractivity contribution is -0.384. The number of nitro benzene ring substituents is 1. The molecule has 0 aliphatic carbocycles. The summed E-state index contributed by atoms with van der Waals surface area (Å²) in [6.07, 6.45) is 0. The zero-order valence-corrected chi connectivity index (χ0v) is 18.1. The summed E-state index contributed by atoms with van der Waals surface area (Å²) in [6.45, 7) is 8.65. The number of anilines is 2. The normalized spacial score (nSPS) is 14.4. The monoisotopic (exact) mass is 435 g/mol. The molecule has 1 saturated heterocycles. The first-order valence-corrected chi connectivity index (χ1v) is 10.5. The molecule has 0 atom stereocenters. The molecule has 0 bridgehead atoms. The second kappa shape index (κ2) is 9.15. The van der Waals surface area contributed by atoms with Crippen LogP contribution in [0.2, 0.25) is 0 Å². The molecule has 1 aliphatic heterocycles. The zero-order chi connectivity index (χ0) is 22.7. The first-order chi connectivity index (χ1) is 15.5. The van der Waals surface area contributed by atoms with Crippen molar-refractivity contribution >= 4 is 23.0 Å². The average Bonchev–Trinajstić information content (AvgIpc) is 3.21. The van der Waals surface area contributed by atoms with E-state index in [4.69, 9.17) is 0 Å². The Hall–Kier alpha value is -3.79. The molecule has 0 spiro atoms. The third-order valence-electron chi connectivity index (χ3n) is 5.71. The molecule has 0 radical (unpaired) electrons. The number of nitrogens with zero attached hydrogens (tertiary/aromatic N) is 6. The van der Waals surface area contributed by atoms with Gasteiger partial charge in [0.25, 0.3) is 11.6 Å². The Morgan fingerprint density at radius 1 is 1.12 bits per heavy atom. The van der Waals surface area contributed by atoms with Crippen molar-refractivity contribution in [1.29, 1.82) is 0 Å². The van der Waals surface area contributed by atoms with Gasteiger partial charge in [0.05, 0.1) is 27.7 Å². The molecule has 0 saturated carbocycles. The van der Waals surface area contributed by atoms with E-state index in [1.165, 1.54) is 16.8 Å². The fraction of sp³-hybridized carbons (Fsp3) is 0.318. The van der Waals surface area contributed by atoms with Crippen molar-refractivity contribution in [1.82, 2.24) is 19.9 Å². The van der Waals surface area contributed by atoms with E-state index in [0.29, 0.717) is 17.1 Å². The van der Waals surface area contributed by atoms with Gasteiger partial charge in [-0.3, -0.25) is 14.9 Å². The van der Waals surface area contributed by atoms with Gasteiger partial charge in [-0.2, -0.15) is 0 Å². The number of rotatable bonds is 6. The maximum absolute atomic E-state index is 13.0. The third-order valence-corrected chi connectivity index (χ3v) is 5.71. The highest BCUT2D eigenvalue weighted by Crippen LogP contribution is 2.27. The number of benzene rings is 2. The van der Waals surface area contributed by atoms with Gasteiger partial charge in [-0.25, -0.2) is 4.68 Å². The summed E-state index contributed by atoms with van der Waals surface area (Å²) in [5.41, 5.74) is 2.77. The second-order valence-electron chi connectivity index (χ2n) is 7.60. The first kappa shape index (κ1) is 21.4. The molecule has 1 aliphatic rings. The molecule has 0 unspecified atom stereocenters. The minimum absolute atomic E-state index is 0.0551. The number of carbonyl (C=O) groups excluding carboxylic acids is 1. The number of nitrogens with one attached hydrogen (secondary N) is 1. The highest BCUT2D eigenvalue weighted by molar-refractivity contribution is 6.05. The average molecular weight is 435 g/mol. The zero-order valence-electron chi connectivity index (χ0n) is 18.1. The molecule has 2 heterocycles. The smallest absolute Gasteiger partial charge is 0.278 e. The van der Waals surface area contributed by atoms with E-state index >= 15 is 0 Å². The quantitative estimate of drug-likeness (QED) is 0.468. The van der Waals surface area contributed by atoms with Crippen LogP contribution in [0.5, 0.6) is 0 Å². The van der Waals surface area contributed by atoms with Crippen molar-refractivity contribution in [2.75, 3.05) is 42.9 Å². The molecular formula is C22H25N7O3. The van der Waals surface area contributed by atoms with Gasteiger partial charge in [-0.05, 0) is 31.7 Å². The van der Waals surface area contributed by atoms with Crippen LogP contribution in [0.15, 0.2) is 48.5 Å². The molecule has 1 fully saturated rings. The van der Waals surface area contributed by atoms with Gasteiger partial charge in [0.2, 0.25) is 0 Å². The SMILES string of the molecule is CCN1CCN(c2ccccc2NC(=O)c2nnn(-c3cccc([N+](=O)[O-])c3)c2C)CC1. The van der Waals surface area contributed by atoms with Crippen LogP contribution in [0.3, 0.4) is 0 Å². The van der Waals surface area contributed by atoms with Gasteiger partial charge in [0.15, 0.2) is 5.69 Å². The molecule has 1 amide bonds. The van der Waals surface area contributed by atoms with Crippen molar-refractivity contribution in [3.05, 3.63) is 70.0 Å². The summed E-state index contributed by atoms with van der Waals surface area (Å²) >= 11 is 0. The molecule has 10 heteroatoms. The number of nitro groups is 1. The Morgan fingerprint density at radius 2 is 1.88 bits per heavy atom. The maximum atomic E-state index is 13.0. The van der Waals surface area contributed by atoms with E-state index < -0.39 is 4.92 Å². The van der Waals surface area contributed by atoms with Crippen molar-refractivity contribution in [2.24, 2.45) is 0 Å². The summed E-state index contributed by atoms with van der Waals surface area (Å²) in [6, 6.07) is 13.8. The topological polar surface area (TPSA) is 109 Å². The van der Waals surface area contributed by atoms with Crippen LogP contribution in [0.4, 0.5) is 17.1 Å². The van der Waals surface area contributed by atoms with E-state index in [2.05, 4.69) is 32.4 Å². The fourth-order valence-electron chi connectivity index (χ4n) is 3.86. The third kappa shape index (κ3) is 4.30. The number of hydrogen-bond acceptors (Lipinski definition) is 7. The Bertz CT molecular complexity index is 1140. The molecule has 1 aromatic heterocycles. The summed E-state index contributed by atoms with van der Waals surface area (Å²) in [4.78, 5) is 28.3. The van der Waals surface area contributed by atoms with E-state index in [-0.39, 0.29) is 17.3 Å². The van der Waals surface area contributed by atoms with Crippen molar-refractivity contribution < 1.29 is 9.72 Å². The highest BCUT2D eigenvalue weighted by Gasteiger charge is 2.22. The van der Waals surface area contributed by atoms with Crippen LogP contribution < -0.4 is 10.2 Å². The Kier molecular flexibility index (Phi) is 6.13. The van der Waals surface area contributed by atoms with Crippen LogP contribution in [0, 0.1) is 17.0 Å². The fourth-order valence-corrected chi connectivity index (χ4v) is 3.86. The standard InChI is InChI=1S/C22H25N7O3/c1-3-26-11-13-27(14-12-26)20-10-5-4-9-19(20)23-22(30)21-16(2)28(25-24-21)17-7-6-8-18(15-17)29(31)32/h4-10,15H,3,11-14H2,1-2H3,(H,23,30). The van der Waals surface area contributed by atoms with Gasteiger partial charge < -0.3 is 15.1 Å². The number of para-hydroxylation sites is 2. The summed E-state index contributed by atoms with van der Waals surface area (Å²) < 4.78 is 1.43. The molecular weight excluding hydrogens is 410 g/mol. The minimum Gasteiger partial charge on any atom is -0.367 e. The van der Waals surface area contributed by atoms with Crippen LogP contribution in [-0.2, 0) is 0 Å². The molecule has 2 aromatic carbocycles. The van der Waals surface area contributed by atoms with Gasteiger partial charge in [-0.15, -0.1) is 5.10 Å². The number of aromatic nitrogens is 3. The molecule has 10 nitrogen and oxygen atoms in total. The lowest BCUT2D eigenvalue weighted by Crippen LogP contribution is -2.46. The number of likely N-dealkylation sites (N-methyl/N-ethyl adjacent to an activating group) is 1. The lowest BCUT2D eigenvalue weighted by atomic mass is 10.2. The number of hydrogen-bond donors (Lipinski definition) is 1. The predicted octanol–water partition coefficient (Wildman–Crippen LogP) is 2.88. The van der Waals surface area contributed by atoms with Gasteiger partial charge >= 0.3 is 0 Å². The largest absolute Gasteiger partial charge is 0.367 e. The Labute approximate surface area is 185 Å². The maximum Gasteiger partial charge on any atom is 0.278 e. The van der Waals surface area contributed by atoms with E-state index in [1.807, 2.05) is 24.3 Å². The van der Waals surface area contributed by atoms with Crippen LogP contribution in [0.25, 0.3) is 5.69 Å². The number of piperazine rings is 1. The molecule has 166 valence electrons. The van der Waals surface area contributed by atoms with Gasteiger partial charge in [0, 0.05) is 38.3 Å². The van der Waals surface area contributed by atoms with E-state index in [1.54, 1.807) is 19.1 Å². The molecule has 4 rings (SSSR count). The van der Waals surface area contributed by atoms with Crippen LogP contribution in [-0.4, -0.2) is 63.4 Å². The van der Waals surface area contributed by atoms with Crippen molar-refractivity contribution in [2.45, 2.75) is 13.8 Å². The van der Waals surface area contributed by atoms with Crippen molar-refractivity contribution in [3.8, 4) is 5.69 Å². The molecule has 32 heavy (non-hydrogen) atoms.